The first-order chi connectivity index (χ1) is 10.2. The first-order valence-electron chi connectivity index (χ1n) is 6.93. The molecule has 0 saturated heterocycles. The van der Waals surface area contributed by atoms with Crippen molar-refractivity contribution in [1.82, 2.24) is 4.98 Å². The molecule has 0 aliphatic carbocycles. The predicted molar refractivity (Wildman–Crippen MR) is 82.1 cm³/mol. The van der Waals surface area contributed by atoms with Crippen LogP contribution in [0.1, 0.15) is 5.56 Å². The molecule has 1 aliphatic rings. The smallest absolute Gasteiger partial charge is 0.151 e. The van der Waals surface area contributed by atoms with Gasteiger partial charge in [-0.1, -0.05) is 6.07 Å². The predicted octanol–water partition coefficient (Wildman–Crippen LogP) is 3.03. The van der Waals surface area contributed by atoms with E-state index in [9.17, 15) is 4.39 Å². The summed E-state index contributed by atoms with van der Waals surface area (Å²) in [6, 6.07) is 6.92. The number of aromatic nitrogens is 1. The summed E-state index contributed by atoms with van der Waals surface area (Å²) >= 11 is 0. The van der Waals surface area contributed by atoms with Crippen LogP contribution in [0.15, 0.2) is 30.5 Å². The second kappa shape index (κ2) is 5.69. The van der Waals surface area contributed by atoms with Crippen molar-refractivity contribution in [2.45, 2.75) is 6.92 Å². The van der Waals surface area contributed by atoms with Crippen molar-refractivity contribution >= 4 is 11.5 Å². The quantitative estimate of drug-likeness (QED) is 0.938. The summed E-state index contributed by atoms with van der Waals surface area (Å²) in [5.41, 5.74) is 3.97. The van der Waals surface area contributed by atoms with Gasteiger partial charge in [-0.05, 0) is 36.2 Å². The fourth-order valence-electron chi connectivity index (χ4n) is 2.59. The second-order valence-electron chi connectivity index (χ2n) is 5.14. The Bertz CT molecular complexity index is 660. The molecular weight excluding hydrogens is 269 g/mol. The van der Waals surface area contributed by atoms with Crippen LogP contribution in [-0.2, 0) is 4.74 Å². The molecule has 1 aromatic heterocycles. The molecule has 0 unspecified atom stereocenters. The Morgan fingerprint density at radius 3 is 3.00 bits per heavy atom. The summed E-state index contributed by atoms with van der Waals surface area (Å²) in [5, 5.41) is 3.26. The minimum Gasteiger partial charge on any atom is -0.383 e. The summed E-state index contributed by atoms with van der Waals surface area (Å²) < 4.78 is 18.4. The molecule has 110 valence electrons. The summed E-state index contributed by atoms with van der Waals surface area (Å²) in [7, 11) is 1.70. The molecular formula is C16H18FN3O. The standard InChI is InChI=1S/C16H18FN3O/c1-11-7-13(17)3-4-14(11)12-8-15-16(18-9-12)19-10-20(15)5-6-21-2/h3-4,7-9H,5-6,10H2,1-2H3,(H,18,19). The van der Waals surface area contributed by atoms with Gasteiger partial charge in [-0.2, -0.15) is 0 Å². The first-order valence-corrected chi connectivity index (χ1v) is 6.93. The molecule has 21 heavy (non-hydrogen) atoms. The van der Waals surface area contributed by atoms with Crippen LogP contribution < -0.4 is 10.2 Å². The summed E-state index contributed by atoms with van der Waals surface area (Å²) in [6.07, 6.45) is 1.83. The zero-order valence-electron chi connectivity index (χ0n) is 12.2. The number of nitrogens with zero attached hydrogens (tertiary/aromatic N) is 2. The highest BCUT2D eigenvalue weighted by Gasteiger charge is 2.20. The lowest BCUT2D eigenvalue weighted by atomic mass is 10.0. The zero-order valence-corrected chi connectivity index (χ0v) is 12.2. The molecule has 1 aliphatic heterocycles. The SMILES string of the molecule is COCCN1CNc2ncc(-c3ccc(F)cc3C)cc21. The molecule has 3 rings (SSSR count). The maximum Gasteiger partial charge on any atom is 0.151 e. The number of benzene rings is 1. The van der Waals surface area contributed by atoms with Crippen LogP contribution in [0.4, 0.5) is 15.9 Å². The van der Waals surface area contributed by atoms with Gasteiger partial charge in [0.15, 0.2) is 5.82 Å². The third-order valence-electron chi connectivity index (χ3n) is 3.71. The van der Waals surface area contributed by atoms with E-state index in [-0.39, 0.29) is 5.82 Å². The Kier molecular flexibility index (Phi) is 3.75. The Morgan fingerprint density at radius 1 is 1.38 bits per heavy atom. The lowest BCUT2D eigenvalue weighted by molar-refractivity contribution is 0.206. The first kappa shape index (κ1) is 13.8. The minimum absolute atomic E-state index is 0.214. The van der Waals surface area contributed by atoms with E-state index in [4.69, 9.17) is 4.74 Å². The average Bonchev–Trinajstić information content (AvgIpc) is 2.87. The van der Waals surface area contributed by atoms with Crippen molar-refractivity contribution in [3.8, 4) is 11.1 Å². The van der Waals surface area contributed by atoms with Crippen LogP contribution in [0, 0.1) is 12.7 Å². The number of methoxy groups -OCH3 is 1. The second-order valence-corrected chi connectivity index (χ2v) is 5.14. The summed E-state index contributed by atoms with van der Waals surface area (Å²) in [6.45, 7) is 4.12. The van der Waals surface area contributed by atoms with E-state index in [1.807, 2.05) is 13.1 Å². The van der Waals surface area contributed by atoms with Crippen molar-refractivity contribution in [3.63, 3.8) is 0 Å². The Morgan fingerprint density at radius 2 is 2.24 bits per heavy atom. The summed E-state index contributed by atoms with van der Waals surface area (Å²) in [5.74, 6) is 0.670. The fraction of sp³-hybridized carbons (Fsp3) is 0.312. The molecule has 0 amide bonds. The van der Waals surface area contributed by atoms with Gasteiger partial charge >= 0.3 is 0 Å². The Balaban J connectivity index is 1.95. The number of rotatable bonds is 4. The van der Waals surface area contributed by atoms with E-state index in [1.54, 1.807) is 19.2 Å². The number of anilines is 2. The number of nitrogens with one attached hydrogen (secondary N) is 1. The number of aryl methyl sites for hydroxylation is 1. The maximum atomic E-state index is 13.2. The number of hydrogen-bond donors (Lipinski definition) is 1. The molecule has 0 spiro atoms. The van der Waals surface area contributed by atoms with Gasteiger partial charge in [0.25, 0.3) is 0 Å². The van der Waals surface area contributed by atoms with E-state index in [0.717, 1.165) is 41.4 Å². The number of fused-ring (bicyclic) bond motifs is 1. The Labute approximate surface area is 123 Å². The number of ether oxygens (including phenoxy) is 1. The number of halogens is 1. The van der Waals surface area contributed by atoms with Crippen molar-refractivity contribution in [2.75, 3.05) is 37.1 Å². The molecule has 0 fully saturated rings. The van der Waals surface area contributed by atoms with Crippen LogP contribution >= 0.6 is 0 Å². The third kappa shape index (κ3) is 2.69. The van der Waals surface area contributed by atoms with Crippen molar-refractivity contribution < 1.29 is 9.13 Å². The number of pyridine rings is 1. The molecule has 1 aromatic carbocycles. The van der Waals surface area contributed by atoms with Gasteiger partial charge in [0.05, 0.1) is 19.0 Å². The zero-order chi connectivity index (χ0) is 14.8. The van der Waals surface area contributed by atoms with E-state index < -0.39 is 0 Å². The minimum atomic E-state index is -0.214. The third-order valence-corrected chi connectivity index (χ3v) is 3.71. The summed E-state index contributed by atoms with van der Waals surface area (Å²) in [4.78, 5) is 6.66. The van der Waals surface area contributed by atoms with Crippen molar-refractivity contribution in [2.24, 2.45) is 0 Å². The van der Waals surface area contributed by atoms with E-state index in [1.165, 1.54) is 6.07 Å². The van der Waals surface area contributed by atoms with Crippen LogP contribution in [0.25, 0.3) is 11.1 Å². The van der Waals surface area contributed by atoms with E-state index in [2.05, 4.69) is 21.3 Å². The molecule has 1 N–H and O–H groups in total. The normalized spacial score (nSPS) is 13.2. The van der Waals surface area contributed by atoms with Crippen LogP contribution in [0.3, 0.4) is 0 Å². The topological polar surface area (TPSA) is 37.4 Å². The molecule has 0 atom stereocenters. The molecule has 4 nitrogen and oxygen atoms in total. The van der Waals surface area contributed by atoms with Gasteiger partial charge in [0.1, 0.15) is 5.82 Å². The fourth-order valence-corrected chi connectivity index (χ4v) is 2.59. The van der Waals surface area contributed by atoms with Crippen LogP contribution in [0.2, 0.25) is 0 Å². The van der Waals surface area contributed by atoms with Gasteiger partial charge in [-0.25, -0.2) is 9.37 Å². The highest BCUT2D eigenvalue weighted by molar-refractivity contribution is 5.78. The van der Waals surface area contributed by atoms with Gasteiger partial charge in [0.2, 0.25) is 0 Å². The molecule has 0 bridgehead atoms. The lowest BCUT2D eigenvalue weighted by Crippen LogP contribution is -2.26. The van der Waals surface area contributed by atoms with Crippen molar-refractivity contribution in [3.05, 3.63) is 41.8 Å². The van der Waals surface area contributed by atoms with Gasteiger partial charge in [-0.3, -0.25) is 0 Å². The Hall–Kier alpha value is -2.14. The monoisotopic (exact) mass is 287 g/mol. The van der Waals surface area contributed by atoms with Gasteiger partial charge in [-0.15, -0.1) is 0 Å². The van der Waals surface area contributed by atoms with Crippen molar-refractivity contribution in [1.29, 1.82) is 0 Å². The van der Waals surface area contributed by atoms with E-state index >= 15 is 0 Å². The van der Waals surface area contributed by atoms with Gasteiger partial charge in [0, 0.05) is 25.4 Å². The number of hydrogen-bond acceptors (Lipinski definition) is 4. The lowest BCUT2D eigenvalue weighted by Gasteiger charge is -2.17. The molecule has 2 heterocycles. The van der Waals surface area contributed by atoms with Gasteiger partial charge < -0.3 is 15.0 Å². The maximum absolute atomic E-state index is 13.2. The molecule has 0 radical (unpaired) electrons. The molecule has 5 heteroatoms. The molecule has 0 saturated carbocycles. The van der Waals surface area contributed by atoms with Crippen LogP contribution in [0.5, 0.6) is 0 Å². The largest absolute Gasteiger partial charge is 0.383 e. The molecule has 2 aromatic rings. The van der Waals surface area contributed by atoms with E-state index in [0.29, 0.717) is 6.61 Å². The average molecular weight is 287 g/mol. The highest BCUT2D eigenvalue weighted by atomic mass is 19.1. The highest BCUT2D eigenvalue weighted by Crippen LogP contribution is 2.34. The van der Waals surface area contributed by atoms with Crippen LogP contribution in [-0.4, -0.2) is 31.9 Å².